The van der Waals surface area contributed by atoms with E-state index in [2.05, 4.69) is 28.7 Å². The average Bonchev–Trinajstić information content (AvgIpc) is 2.69. The lowest BCUT2D eigenvalue weighted by atomic mass is 10.1. The number of carbonyl (C=O) groups excluding carboxylic acids is 1. The van der Waals surface area contributed by atoms with Gasteiger partial charge in [0.25, 0.3) is 0 Å². The number of carbonyl (C=O) groups is 1. The smallest absolute Gasteiger partial charge is 0.244 e. The number of para-hydroxylation sites is 1. The molecule has 2 aliphatic heterocycles. The molecule has 0 aliphatic carbocycles. The van der Waals surface area contributed by atoms with Crippen LogP contribution in [0, 0.1) is 0 Å². The molecule has 3 rings (SSSR count). The zero-order chi connectivity index (χ0) is 18.4. The lowest BCUT2D eigenvalue weighted by molar-refractivity contribution is -0.124. The van der Waals surface area contributed by atoms with Crippen molar-refractivity contribution in [3.05, 3.63) is 30.3 Å². The van der Waals surface area contributed by atoms with E-state index in [4.69, 9.17) is 4.74 Å². The molecule has 0 unspecified atom stereocenters. The summed E-state index contributed by atoms with van der Waals surface area (Å²) < 4.78 is 5.43. The van der Waals surface area contributed by atoms with Crippen LogP contribution in [0.5, 0.6) is 0 Å². The third-order valence-corrected chi connectivity index (χ3v) is 5.52. The topological polar surface area (TPSA) is 39.3 Å². The molecule has 1 amide bonds. The van der Waals surface area contributed by atoms with Crippen molar-refractivity contribution >= 4 is 11.6 Å². The van der Waals surface area contributed by atoms with Crippen molar-refractivity contribution in [1.82, 2.24) is 14.7 Å². The van der Waals surface area contributed by atoms with Crippen LogP contribution in [-0.2, 0) is 9.53 Å². The van der Waals surface area contributed by atoms with Gasteiger partial charge in [0.15, 0.2) is 0 Å². The van der Waals surface area contributed by atoms with Crippen LogP contribution >= 0.6 is 0 Å². The Morgan fingerprint density at radius 2 is 1.73 bits per heavy atom. The Morgan fingerprint density at radius 3 is 2.38 bits per heavy atom. The van der Waals surface area contributed by atoms with Gasteiger partial charge in [0.05, 0.1) is 19.3 Å². The maximum Gasteiger partial charge on any atom is 0.244 e. The molecule has 1 aromatic carbocycles. The van der Waals surface area contributed by atoms with E-state index in [1.807, 2.05) is 35.2 Å². The number of nitrogens with zero attached hydrogens (tertiary/aromatic N) is 4. The highest BCUT2D eigenvalue weighted by Gasteiger charge is 2.29. The molecule has 0 spiro atoms. The summed E-state index contributed by atoms with van der Waals surface area (Å²) in [7, 11) is 2.14. The molecule has 2 aliphatic rings. The Balaban J connectivity index is 1.66. The Hall–Kier alpha value is -1.47. The Labute approximate surface area is 157 Å². The molecule has 144 valence electrons. The van der Waals surface area contributed by atoms with Gasteiger partial charge < -0.3 is 14.5 Å². The van der Waals surface area contributed by atoms with Crippen LogP contribution in [-0.4, -0.2) is 99.3 Å². The van der Waals surface area contributed by atoms with E-state index in [0.717, 1.165) is 71.3 Å². The minimum absolute atomic E-state index is 0.0893. The summed E-state index contributed by atoms with van der Waals surface area (Å²) in [4.78, 5) is 22.3. The van der Waals surface area contributed by atoms with Crippen molar-refractivity contribution in [3.63, 3.8) is 0 Å². The van der Waals surface area contributed by atoms with Crippen LogP contribution in [0.3, 0.4) is 0 Å². The predicted molar refractivity (Wildman–Crippen MR) is 105 cm³/mol. The molecule has 2 saturated heterocycles. The van der Waals surface area contributed by atoms with Gasteiger partial charge in [-0.3, -0.25) is 14.6 Å². The molecular formula is C20H32N4O2. The highest BCUT2D eigenvalue weighted by Crippen LogP contribution is 2.17. The Bertz CT molecular complexity index is 554. The van der Waals surface area contributed by atoms with Crippen molar-refractivity contribution in [2.75, 3.05) is 77.5 Å². The van der Waals surface area contributed by atoms with Gasteiger partial charge in [-0.15, -0.1) is 0 Å². The lowest BCUT2D eigenvalue weighted by Gasteiger charge is -2.38. The van der Waals surface area contributed by atoms with E-state index >= 15 is 0 Å². The van der Waals surface area contributed by atoms with E-state index in [9.17, 15) is 4.79 Å². The third kappa shape index (κ3) is 5.04. The third-order valence-electron chi connectivity index (χ3n) is 5.52. The van der Waals surface area contributed by atoms with E-state index in [-0.39, 0.29) is 11.9 Å². The second-order valence-corrected chi connectivity index (χ2v) is 7.29. The van der Waals surface area contributed by atoms with Crippen LogP contribution in [0.2, 0.25) is 0 Å². The zero-order valence-corrected chi connectivity index (χ0v) is 16.1. The molecule has 2 heterocycles. The maximum absolute atomic E-state index is 13.3. The number of likely N-dealkylation sites (N-methyl/N-ethyl adjacent to an activating group) is 1. The number of morpholine rings is 1. The quantitative estimate of drug-likeness (QED) is 0.757. The van der Waals surface area contributed by atoms with Gasteiger partial charge in [-0.2, -0.15) is 0 Å². The fourth-order valence-corrected chi connectivity index (χ4v) is 3.63. The molecule has 2 fully saturated rings. The van der Waals surface area contributed by atoms with Gasteiger partial charge in [0.2, 0.25) is 5.91 Å². The van der Waals surface area contributed by atoms with E-state index < -0.39 is 0 Å². The van der Waals surface area contributed by atoms with Crippen molar-refractivity contribution < 1.29 is 9.53 Å². The Kier molecular flexibility index (Phi) is 7.02. The number of amides is 1. The predicted octanol–water partition coefficient (Wildman–Crippen LogP) is 0.988. The molecule has 0 saturated carbocycles. The van der Waals surface area contributed by atoms with Crippen molar-refractivity contribution in [2.24, 2.45) is 0 Å². The molecule has 0 bridgehead atoms. The molecule has 6 heteroatoms. The summed E-state index contributed by atoms with van der Waals surface area (Å²) in [6.45, 7) is 11.1. The van der Waals surface area contributed by atoms with Crippen LogP contribution in [0.15, 0.2) is 30.3 Å². The number of anilines is 1. The standard InChI is InChI=1S/C20H32N4O2/c1-18(23-11-8-21(2)9-12-23)20(25)24(19-6-4-3-5-7-19)13-10-22-14-16-26-17-15-22/h3-7,18H,8-17H2,1-2H3/t18-/m0/s1. The number of benzene rings is 1. The zero-order valence-electron chi connectivity index (χ0n) is 16.1. The fraction of sp³-hybridized carbons (Fsp3) is 0.650. The van der Waals surface area contributed by atoms with E-state index in [1.54, 1.807) is 0 Å². The summed E-state index contributed by atoms with van der Waals surface area (Å²) in [5, 5.41) is 0. The van der Waals surface area contributed by atoms with Crippen LogP contribution in [0.25, 0.3) is 0 Å². The van der Waals surface area contributed by atoms with Crippen LogP contribution in [0.4, 0.5) is 5.69 Å². The van der Waals surface area contributed by atoms with Crippen LogP contribution in [0.1, 0.15) is 6.92 Å². The molecule has 1 aromatic rings. The summed E-state index contributed by atoms with van der Waals surface area (Å²) in [6, 6.07) is 9.99. The molecule has 6 nitrogen and oxygen atoms in total. The summed E-state index contributed by atoms with van der Waals surface area (Å²) in [6.07, 6.45) is 0. The van der Waals surface area contributed by atoms with Gasteiger partial charge in [-0.1, -0.05) is 18.2 Å². The fourth-order valence-electron chi connectivity index (χ4n) is 3.63. The number of hydrogen-bond donors (Lipinski definition) is 0. The highest BCUT2D eigenvalue weighted by molar-refractivity contribution is 5.97. The molecule has 0 radical (unpaired) electrons. The number of rotatable bonds is 6. The van der Waals surface area contributed by atoms with Crippen molar-refractivity contribution in [3.8, 4) is 0 Å². The minimum atomic E-state index is -0.0893. The van der Waals surface area contributed by atoms with Gasteiger partial charge in [-0.25, -0.2) is 0 Å². The van der Waals surface area contributed by atoms with Gasteiger partial charge in [0.1, 0.15) is 0 Å². The lowest BCUT2D eigenvalue weighted by Crippen LogP contribution is -2.55. The monoisotopic (exact) mass is 360 g/mol. The largest absolute Gasteiger partial charge is 0.379 e. The van der Waals surface area contributed by atoms with E-state index in [0.29, 0.717) is 0 Å². The minimum Gasteiger partial charge on any atom is -0.379 e. The number of hydrogen-bond acceptors (Lipinski definition) is 5. The normalized spacial score (nSPS) is 21.5. The summed E-state index contributed by atoms with van der Waals surface area (Å²) in [5.41, 5.74) is 0.992. The summed E-state index contributed by atoms with van der Waals surface area (Å²) >= 11 is 0. The van der Waals surface area contributed by atoms with Gasteiger partial charge >= 0.3 is 0 Å². The molecule has 26 heavy (non-hydrogen) atoms. The second kappa shape index (κ2) is 9.46. The van der Waals surface area contributed by atoms with Gasteiger partial charge in [-0.05, 0) is 26.1 Å². The second-order valence-electron chi connectivity index (χ2n) is 7.29. The van der Waals surface area contributed by atoms with E-state index in [1.165, 1.54) is 0 Å². The highest BCUT2D eigenvalue weighted by atomic mass is 16.5. The first-order valence-corrected chi connectivity index (χ1v) is 9.74. The molecule has 0 aromatic heterocycles. The molecule has 0 N–H and O–H groups in total. The SMILES string of the molecule is C[C@@H](C(=O)N(CCN1CCOCC1)c1ccccc1)N1CCN(C)CC1. The van der Waals surface area contributed by atoms with Gasteiger partial charge in [0, 0.05) is 58.0 Å². The van der Waals surface area contributed by atoms with Crippen LogP contribution < -0.4 is 4.90 Å². The maximum atomic E-state index is 13.3. The van der Waals surface area contributed by atoms with Crippen molar-refractivity contribution in [2.45, 2.75) is 13.0 Å². The first-order valence-electron chi connectivity index (χ1n) is 9.74. The first kappa shape index (κ1) is 19.3. The molecule has 1 atom stereocenters. The molecular weight excluding hydrogens is 328 g/mol. The Morgan fingerprint density at radius 1 is 1.08 bits per heavy atom. The first-order chi connectivity index (χ1) is 12.6. The number of ether oxygens (including phenoxy) is 1. The summed E-state index contributed by atoms with van der Waals surface area (Å²) in [5.74, 6) is 0.203. The number of piperazine rings is 1. The average molecular weight is 361 g/mol. The van der Waals surface area contributed by atoms with Crippen molar-refractivity contribution in [1.29, 1.82) is 0 Å².